The van der Waals surface area contributed by atoms with Crippen LogP contribution in [0.25, 0.3) is 11.1 Å². The molecule has 1 aliphatic rings. The first-order valence-electron chi connectivity index (χ1n) is 15.7. The Morgan fingerprint density at radius 1 is 1.19 bits per heavy atom. The normalized spacial score (nSPS) is 16.3. The van der Waals surface area contributed by atoms with E-state index in [-0.39, 0.29) is 25.3 Å². The molecule has 250 valence electrons. The van der Waals surface area contributed by atoms with Gasteiger partial charge in [-0.1, -0.05) is 32.0 Å². The number of pyridine rings is 2. The number of alkyl halides is 3. The van der Waals surface area contributed by atoms with Crippen molar-refractivity contribution in [2.75, 3.05) is 19.6 Å². The number of aromatic nitrogens is 2. The Bertz CT molecular complexity index is 1690. The Morgan fingerprint density at radius 2 is 1.89 bits per heavy atom. The molecule has 0 saturated carbocycles. The maximum Gasteiger partial charge on any atom is 0.305 e. The highest BCUT2D eigenvalue weighted by Gasteiger charge is 2.30. The zero-order chi connectivity index (χ0) is 34.4. The van der Waals surface area contributed by atoms with E-state index in [1.807, 2.05) is 50.8 Å². The van der Waals surface area contributed by atoms with Crippen LogP contribution in [0.4, 0.5) is 13.2 Å². The van der Waals surface area contributed by atoms with Crippen LogP contribution in [-0.4, -0.2) is 57.2 Å². The van der Waals surface area contributed by atoms with E-state index in [2.05, 4.69) is 16.2 Å². The van der Waals surface area contributed by atoms with Gasteiger partial charge in [0.15, 0.2) is 0 Å². The number of carboxylic acid groups (broad SMARTS) is 1. The molecule has 1 unspecified atom stereocenters. The fourth-order valence-electron chi connectivity index (χ4n) is 6.19. The molecule has 0 bridgehead atoms. The number of benzene rings is 1. The van der Waals surface area contributed by atoms with Crippen LogP contribution in [0.15, 0.2) is 47.5 Å². The minimum absolute atomic E-state index is 0.120. The topological polar surface area (TPSA) is 105 Å². The highest BCUT2D eigenvalue weighted by molar-refractivity contribution is 5.82. The molecule has 1 amide bonds. The summed E-state index contributed by atoms with van der Waals surface area (Å²) in [5.74, 6) is 0.558. The Labute approximate surface area is 273 Å². The second kappa shape index (κ2) is 15.4. The van der Waals surface area contributed by atoms with Gasteiger partial charge in [0, 0.05) is 37.6 Å². The van der Waals surface area contributed by atoms with Crippen molar-refractivity contribution in [3.63, 3.8) is 0 Å². The number of halogens is 3. The van der Waals surface area contributed by atoms with Gasteiger partial charge in [0.2, 0.25) is 5.91 Å². The molecule has 1 aliphatic heterocycles. The Kier molecular flexibility index (Phi) is 11.6. The first kappa shape index (κ1) is 35.4. The third-order valence-electron chi connectivity index (χ3n) is 8.52. The molecule has 2 aromatic heterocycles. The molecule has 4 rings (SSSR count). The molecule has 3 atom stereocenters. The zero-order valence-electron chi connectivity index (χ0n) is 27.1. The molecule has 1 saturated heterocycles. The number of terminal acetylenes is 1. The lowest BCUT2D eigenvalue weighted by molar-refractivity contribution is -0.138. The zero-order valence-corrected chi connectivity index (χ0v) is 27.1. The predicted molar refractivity (Wildman–Crippen MR) is 174 cm³/mol. The average Bonchev–Trinajstić information content (AvgIpc) is 3.43. The standard InChI is InChI=1S/C36H41F3N4O4/c1-6-29-27(33-22(4)8-7-9-23(33)5)16-25(18-40-29)30(17-32(44)45)41-35(46)31(14-21(2)3)43-19-24(15-28(34(38)39)36(43)47)10-12-42-13-11-26(37)20-42/h1,7-9,15-16,18-19,21,26,30-31,34H,10-14,17,20H2,2-5H3,(H,41,46)(H,44,45)/t26?,30-,31-/m1/s1. The number of likely N-dealkylation sites (tertiary alicyclic amines) is 1. The lowest BCUT2D eigenvalue weighted by Crippen LogP contribution is -2.41. The summed E-state index contributed by atoms with van der Waals surface area (Å²) in [6.45, 7) is 8.72. The largest absolute Gasteiger partial charge is 0.481 e. The van der Waals surface area contributed by atoms with Crippen LogP contribution < -0.4 is 10.9 Å². The fraction of sp³-hybridized carbons (Fsp3) is 0.444. The van der Waals surface area contributed by atoms with Crippen molar-refractivity contribution in [3.05, 3.63) is 86.6 Å². The number of rotatable bonds is 13. The smallest absolute Gasteiger partial charge is 0.305 e. The number of aliphatic carboxylic acids is 1. The minimum atomic E-state index is -3.08. The molecule has 0 spiro atoms. The number of nitrogens with one attached hydrogen (secondary N) is 1. The van der Waals surface area contributed by atoms with Crippen molar-refractivity contribution in [2.45, 2.75) is 78.1 Å². The number of aryl methyl sites for hydroxylation is 2. The predicted octanol–water partition coefficient (Wildman–Crippen LogP) is 5.95. The molecule has 3 heterocycles. The molecule has 0 radical (unpaired) electrons. The lowest BCUT2D eigenvalue weighted by atomic mass is 9.92. The summed E-state index contributed by atoms with van der Waals surface area (Å²) in [5, 5.41) is 12.6. The van der Waals surface area contributed by atoms with Crippen LogP contribution in [0.1, 0.15) is 85.1 Å². The van der Waals surface area contributed by atoms with Gasteiger partial charge in [-0.3, -0.25) is 14.4 Å². The van der Waals surface area contributed by atoms with E-state index in [1.54, 1.807) is 6.07 Å². The van der Waals surface area contributed by atoms with E-state index in [9.17, 15) is 32.7 Å². The van der Waals surface area contributed by atoms with Crippen LogP contribution >= 0.6 is 0 Å². The van der Waals surface area contributed by atoms with Crippen molar-refractivity contribution in [1.82, 2.24) is 19.8 Å². The molecular formula is C36H41F3N4O4. The number of carbonyl (C=O) groups is 2. The van der Waals surface area contributed by atoms with Gasteiger partial charge in [0.1, 0.15) is 17.9 Å². The number of hydrogen-bond acceptors (Lipinski definition) is 5. The molecule has 0 aliphatic carbocycles. The van der Waals surface area contributed by atoms with Gasteiger partial charge < -0.3 is 19.9 Å². The van der Waals surface area contributed by atoms with Crippen LogP contribution in [0.3, 0.4) is 0 Å². The summed E-state index contributed by atoms with van der Waals surface area (Å²) in [4.78, 5) is 45.7. The van der Waals surface area contributed by atoms with Crippen molar-refractivity contribution >= 4 is 11.9 Å². The average molecular weight is 651 g/mol. The quantitative estimate of drug-likeness (QED) is 0.222. The van der Waals surface area contributed by atoms with E-state index in [1.165, 1.54) is 12.4 Å². The number of amides is 1. The summed E-state index contributed by atoms with van der Waals surface area (Å²) >= 11 is 0. The van der Waals surface area contributed by atoms with Gasteiger partial charge in [0.25, 0.3) is 12.0 Å². The van der Waals surface area contributed by atoms with Gasteiger partial charge >= 0.3 is 5.97 Å². The Balaban J connectivity index is 1.73. The van der Waals surface area contributed by atoms with E-state index in [4.69, 9.17) is 6.42 Å². The second-order valence-corrected chi connectivity index (χ2v) is 12.6. The first-order valence-corrected chi connectivity index (χ1v) is 15.7. The maximum atomic E-state index is 14.1. The second-order valence-electron chi connectivity index (χ2n) is 12.6. The van der Waals surface area contributed by atoms with E-state index in [0.29, 0.717) is 41.9 Å². The molecule has 3 aromatic rings. The summed E-state index contributed by atoms with van der Waals surface area (Å²) in [5.41, 5.74) is 2.72. The molecule has 1 aromatic carbocycles. The van der Waals surface area contributed by atoms with E-state index >= 15 is 0 Å². The van der Waals surface area contributed by atoms with Gasteiger partial charge in [0.05, 0.1) is 18.0 Å². The first-order chi connectivity index (χ1) is 22.3. The third-order valence-corrected chi connectivity index (χ3v) is 8.52. The van der Waals surface area contributed by atoms with E-state index in [0.717, 1.165) is 27.3 Å². The van der Waals surface area contributed by atoms with Gasteiger partial charge in [-0.15, -0.1) is 6.42 Å². The van der Waals surface area contributed by atoms with Crippen molar-refractivity contribution < 1.29 is 27.9 Å². The van der Waals surface area contributed by atoms with Crippen LogP contribution in [0.2, 0.25) is 0 Å². The highest BCUT2D eigenvalue weighted by atomic mass is 19.3. The Hall–Kier alpha value is -4.43. The summed E-state index contributed by atoms with van der Waals surface area (Å²) in [7, 11) is 0. The number of carbonyl (C=O) groups excluding carboxylic acids is 1. The van der Waals surface area contributed by atoms with Gasteiger partial charge in [-0.05, 0) is 84.9 Å². The Morgan fingerprint density at radius 3 is 2.47 bits per heavy atom. The van der Waals surface area contributed by atoms with Gasteiger partial charge in [-0.2, -0.15) is 0 Å². The number of nitrogens with zero attached hydrogens (tertiary/aromatic N) is 3. The van der Waals surface area contributed by atoms with Gasteiger partial charge in [-0.25, -0.2) is 18.2 Å². The third kappa shape index (κ3) is 8.69. The van der Waals surface area contributed by atoms with Crippen LogP contribution in [0, 0.1) is 32.1 Å². The lowest BCUT2D eigenvalue weighted by Gasteiger charge is -2.26. The summed E-state index contributed by atoms with van der Waals surface area (Å²) in [6, 6.07) is 6.33. The summed E-state index contributed by atoms with van der Waals surface area (Å²) in [6.07, 6.45) is 4.88. The van der Waals surface area contributed by atoms with Crippen molar-refractivity contribution in [1.29, 1.82) is 0 Å². The van der Waals surface area contributed by atoms with Crippen LogP contribution in [0.5, 0.6) is 0 Å². The molecular weight excluding hydrogens is 609 g/mol. The summed E-state index contributed by atoms with van der Waals surface area (Å²) < 4.78 is 43.0. The number of hydrogen-bond donors (Lipinski definition) is 2. The highest BCUT2D eigenvalue weighted by Crippen LogP contribution is 2.32. The number of carboxylic acids is 1. The van der Waals surface area contributed by atoms with E-state index < -0.39 is 54.1 Å². The minimum Gasteiger partial charge on any atom is -0.481 e. The molecule has 47 heavy (non-hydrogen) atoms. The SMILES string of the molecule is C#Cc1ncc([C@@H](CC(=O)O)NC(=O)[C@@H](CC(C)C)n2cc(CCN3CCC(F)C3)cc(C(F)F)c2=O)cc1-c1c(C)cccc1C. The molecule has 8 nitrogen and oxygen atoms in total. The molecule has 11 heteroatoms. The molecule has 1 fully saturated rings. The van der Waals surface area contributed by atoms with Crippen molar-refractivity contribution in [2.24, 2.45) is 5.92 Å². The van der Waals surface area contributed by atoms with Crippen molar-refractivity contribution in [3.8, 4) is 23.5 Å². The maximum absolute atomic E-state index is 14.1. The monoisotopic (exact) mass is 650 g/mol. The van der Waals surface area contributed by atoms with Crippen LogP contribution in [-0.2, 0) is 16.0 Å². The fourth-order valence-corrected chi connectivity index (χ4v) is 6.19. The molecule has 2 N–H and O–H groups in total.